The van der Waals surface area contributed by atoms with Gasteiger partial charge in [-0.3, -0.25) is 4.99 Å². The van der Waals surface area contributed by atoms with Crippen molar-refractivity contribution in [3.8, 4) is 5.75 Å². The summed E-state index contributed by atoms with van der Waals surface area (Å²) in [5.74, 6) is 1.65. The molecule has 3 heterocycles. The first-order chi connectivity index (χ1) is 10.9. The van der Waals surface area contributed by atoms with Crippen LogP contribution in [0.15, 0.2) is 46.0 Å². The molecule has 1 fully saturated rings. The second-order valence-electron chi connectivity index (χ2n) is 5.47. The summed E-state index contributed by atoms with van der Waals surface area (Å²) in [4.78, 5) is 7.18. The average molecular weight is 298 g/mol. The molecule has 0 radical (unpaired) electrons. The molecule has 5 nitrogen and oxygen atoms in total. The molecule has 0 bridgehead atoms. The molecule has 0 aliphatic carbocycles. The van der Waals surface area contributed by atoms with Crippen molar-refractivity contribution in [2.75, 3.05) is 38.3 Å². The molecule has 22 heavy (non-hydrogen) atoms. The van der Waals surface area contributed by atoms with Crippen LogP contribution < -0.4 is 9.64 Å². The number of methoxy groups -OCH3 is 1. The second-order valence-corrected chi connectivity index (χ2v) is 5.47. The zero-order valence-corrected chi connectivity index (χ0v) is 12.5. The van der Waals surface area contributed by atoms with Gasteiger partial charge in [0.15, 0.2) is 5.76 Å². The lowest BCUT2D eigenvalue weighted by Gasteiger charge is -2.36. The van der Waals surface area contributed by atoms with Crippen molar-refractivity contribution < 1.29 is 13.9 Å². The Hall–Kier alpha value is -2.27. The van der Waals surface area contributed by atoms with Crippen LogP contribution in [0.5, 0.6) is 5.75 Å². The Morgan fingerprint density at radius 2 is 2.27 bits per heavy atom. The fourth-order valence-electron chi connectivity index (χ4n) is 3.11. The van der Waals surface area contributed by atoms with Crippen LogP contribution in [0, 0.1) is 0 Å². The number of hydrogen-bond acceptors (Lipinski definition) is 5. The van der Waals surface area contributed by atoms with Crippen LogP contribution in [0.25, 0.3) is 0 Å². The van der Waals surface area contributed by atoms with Gasteiger partial charge in [0.2, 0.25) is 0 Å². The molecule has 1 atom stereocenters. The first-order valence-corrected chi connectivity index (χ1v) is 7.48. The van der Waals surface area contributed by atoms with Gasteiger partial charge in [-0.05, 0) is 24.3 Å². The molecule has 5 heteroatoms. The standard InChI is InChI=1S/C17H18N2O3/c1-20-13-4-5-14-15(9-13)19-6-8-21-11-12(19)10-18-17(14)16-3-2-7-22-16/h2-5,7,9,12H,6,8,10-11H2,1H3. The van der Waals surface area contributed by atoms with E-state index in [0.29, 0.717) is 13.2 Å². The summed E-state index contributed by atoms with van der Waals surface area (Å²) in [5, 5.41) is 0. The maximum absolute atomic E-state index is 5.63. The number of rotatable bonds is 2. The topological polar surface area (TPSA) is 47.2 Å². The van der Waals surface area contributed by atoms with Gasteiger partial charge in [0.05, 0.1) is 44.9 Å². The van der Waals surface area contributed by atoms with Crippen LogP contribution >= 0.6 is 0 Å². The van der Waals surface area contributed by atoms with Crippen LogP contribution in [0.3, 0.4) is 0 Å². The highest BCUT2D eigenvalue weighted by Crippen LogP contribution is 2.33. The first-order valence-electron chi connectivity index (χ1n) is 7.48. The van der Waals surface area contributed by atoms with Gasteiger partial charge in [0, 0.05) is 18.2 Å². The summed E-state index contributed by atoms with van der Waals surface area (Å²) in [6, 6.07) is 10.2. The molecule has 114 valence electrons. The molecular formula is C17H18N2O3. The number of morpholine rings is 1. The minimum atomic E-state index is 0.257. The van der Waals surface area contributed by atoms with Crippen molar-refractivity contribution >= 4 is 11.4 Å². The predicted molar refractivity (Wildman–Crippen MR) is 84.2 cm³/mol. The number of furan rings is 1. The number of anilines is 1. The summed E-state index contributed by atoms with van der Waals surface area (Å²) in [6.45, 7) is 3.01. The van der Waals surface area contributed by atoms with Crippen molar-refractivity contribution in [1.82, 2.24) is 0 Å². The molecule has 0 spiro atoms. The Labute approximate surface area is 129 Å². The third-order valence-electron chi connectivity index (χ3n) is 4.21. The van der Waals surface area contributed by atoms with Crippen LogP contribution in [0.2, 0.25) is 0 Å². The van der Waals surface area contributed by atoms with E-state index in [1.165, 1.54) is 0 Å². The average Bonchev–Trinajstić information content (AvgIpc) is 3.04. The van der Waals surface area contributed by atoms with Gasteiger partial charge >= 0.3 is 0 Å². The molecule has 2 aromatic rings. The molecular weight excluding hydrogens is 280 g/mol. The Morgan fingerprint density at radius 3 is 3.09 bits per heavy atom. The minimum absolute atomic E-state index is 0.257. The highest BCUT2D eigenvalue weighted by Gasteiger charge is 2.30. The number of ether oxygens (including phenoxy) is 2. The predicted octanol–water partition coefficient (Wildman–Crippen LogP) is 2.34. The molecule has 1 aromatic heterocycles. The number of fused-ring (bicyclic) bond motifs is 3. The van der Waals surface area contributed by atoms with Crippen molar-refractivity contribution in [1.29, 1.82) is 0 Å². The molecule has 1 saturated heterocycles. The van der Waals surface area contributed by atoms with E-state index in [9.17, 15) is 0 Å². The summed E-state index contributed by atoms with van der Waals surface area (Å²) < 4.78 is 16.6. The number of nitrogens with zero attached hydrogens (tertiary/aromatic N) is 2. The van der Waals surface area contributed by atoms with Crippen molar-refractivity contribution in [2.45, 2.75) is 6.04 Å². The van der Waals surface area contributed by atoms with E-state index >= 15 is 0 Å². The normalized spacial score (nSPS) is 20.7. The quantitative estimate of drug-likeness (QED) is 0.854. The number of aliphatic imine (C=N–C) groups is 1. The fraction of sp³-hybridized carbons (Fsp3) is 0.353. The van der Waals surface area contributed by atoms with E-state index in [4.69, 9.17) is 18.9 Å². The molecule has 2 aliphatic heterocycles. The third-order valence-corrected chi connectivity index (χ3v) is 4.21. The Balaban J connectivity index is 1.87. The SMILES string of the molecule is COc1ccc2c(c1)N1CCOCC1CN=C2c1ccco1. The van der Waals surface area contributed by atoms with E-state index in [2.05, 4.69) is 17.0 Å². The number of benzene rings is 1. The monoisotopic (exact) mass is 298 g/mol. The minimum Gasteiger partial charge on any atom is -0.497 e. The van der Waals surface area contributed by atoms with Crippen LogP contribution in [-0.2, 0) is 4.74 Å². The fourth-order valence-corrected chi connectivity index (χ4v) is 3.11. The molecule has 0 amide bonds. The zero-order chi connectivity index (χ0) is 14.9. The third kappa shape index (κ3) is 2.18. The molecule has 2 aliphatic rings. The van der Waals surface area contributed by atoms with Crippen molar-refractivity contribution in [2.24, 2.45) is 4.99 Å². The van der Waals surface area contributed by atoms with Crippen molar-refractivity contribution in [3.05, 3.63) is 47.9 Å². The van der Waals surface area contributed by atoms with Gasteiger partial charge in [-0.25, -0.2) is 0 Å². The van der Waals surface area contributed by atoms with Gasteiger partial charge in [0.1, 0.15) is 11.5 Å². The lowest BCUT2D eigenvalue weighted by Crippen LogP contribution is -2.47. The summed E-state index contributed by atoms with van der Waals surface area (Å²) in [7, 11) is 1.69. The Bertz CT molecular complexity index is 694. The molecule has 4 rings (SSSR count). The van der Waals surface area contributed by atoms with Gasteiger partial charge in [-0.2, -0.15) is 0 Å². The van der Waals surface area contributed by atoms with E-state index in [1.54, 1.807) is 13.4 Å². The maximum atomic E-state index is 5.63. The molecule has 1 aromatic carbocycles. The number of hydrogen-bond donors (Lipinski definition) is 0. The van der Waals surface area contributed by atoms with Crippen LogP contribution in [-0.4, -0.2) is 45.2 Å². The highest BCUT2D eigenvalue weighted by molar-refractivity contribution is 6.15. The molecule has 1 unspecified atom stereocenters. The van der Waals surface area contributed by atoms with E-state index in [0.717, 1.165) is 41.6 Å². The van der Waals surface area contributed by atoms with E-state index < -0.39 is 0 Å². The Kier molecular flexibility index (Phi) is 3.35. The summed E-state index contributed by atoms with van der Waals surface area (Å²) >= 11 is 0. The Morgan fingerprint density at radius 1 is 1.32 bits per heavy atom. The van der Waals surface area contributed by atoms with Gasteiger partial charge in [0.25, 0.3) is 0 Å². The zero-order valence-electron chi connectivity index (χ0n) is 12.5. The van der Waals surface area contributed by atoms with Gasteiger partial charge in [-0.1, -0.05) is 0 Å². The molecule has 0 saturated carbocycles. The molecule has 0 N–H and O–H groups in total. The lowest BCUT2D eigenvalue weighted by molar-refractivity contribution is 0.0966. The van der Waals surface area contributed by atoms with Gasteiger partial charge < -0.3 is 18.8 Å². The van der Waals surface area contributed by atoms with E-state index in [-0.39, 0.29) is 6.04 Å². The van der Waals surface area contributed by atoms with Gasteiger partial charge in [-0.15, -0.1) is 0 Å². The smallest absolute Gasteiger partial charge is 0.152 e. The summed E-state index contributed by atoms with van der Waals surface area (Å²) in [6.07, 6.45) is 1.68. The largest absolute Gasteiger partial charge is 0.497 e. The first kappa shape index (κ1) is 13.4. The second kappa shape index (κ2) is 5.50. The summed E-state index contributed by atoms with van der Waals surface area (Å²) in [5.41, 5.74) is 3.12. The van der Waals surface area contributed by atoms with Crippen LogP contribution in [0.4, 0.5) is 5.69 Å². The maximum Gasteiger partial charge on any atom is 0.152 e. The van der Waals surface area contributed by atoms with Crippen molar-refractivity contribution in [3.63, 3.8) is 0 Å². The van der Waals surface area contributed by atoms with Crippen LogP contribution in [0.1, 0.15) is 11.3 Å². The highest BCUT2D eigenvalue weighted by atomic mass is 16.5. The van der Waals surface area contributed by atoms with E-state index in [1.807, 2.05) is 18.2 Å². The lowest BCUT2D eigenvalue weighted by atomic mass is 10.0.